The lowest BCUT2D eigenvalue weighted by atomic mass is 10.2. The van der Waals surface area contributed by atoms with Crippen LogP contribution in [0.25, 0.3) is 0 Å². The van der Waals surface area contributed by atoms with Crippen molar-refractivity contribution in [2.45, 2.75) is 51.5 Å². The second-order valence-corrected chi connectivity index (χ2v) is 3.26. The largest absolute Gasteiger partial charge is 0.353 e. The molecule has 1 aliphatic rings. The van der Waals surface area contributed by atoms with Gasteiger partial charge in [-0.1, -0.05) is 13.3 Å². The summed E-state index contributed by atoms with van der Waals surface area (Å²) < 4.78 is 10.9. The monoisotopic (exact) mass is 173 g/mol. The zero-order valence-electron chi connectivity index (χ0n) is 7.79. The summed E-state index contributed by atoms with van der Waals surface area (Å²) in [6.45, 7) is 2.93. The second kappa shape index (κ2) is 5.51. The summed E-state index contributed by atoms with van der Waals surface area (Å²) in [7, 11) is 0. The van der Waals surface area contributed by atoms with E-state index in [4.69, 9.17) is 15.2 Å². The number of rotatable bonds is 4. The van der Waals surface area contributed by atoms with Gasteiger partial charge in [0.2, 0.25) is 0 Å². The first kappa shape index (κ1) is 9.96. The number of hydrogen-bond acceptors (Lipinski definition) is 3. The third kappa shape index (κ3) is 3.52. The molecular weight excluding hydrogens is 154 g/mol. The van der Waals surface area contributed by atoms with Crippen LogP contribution in [0.4, 0.5) is 0 Å². The molecule has 0 amide bonds. The topological polar surface area (TPSA) is 44.5 Å². The lowest BCUT2D eigenvalue weighted by Gasteiger charge is -2.25. The molecule has 1 rings (SSSR count). The minimum absolute atomic E-state index is 0.0414. The van der Waals surface area contributed by atoms with Gasteiger partial charge in [0.1, 0.15) is 6.23 Å². The highest BCUT2D eigenvalue weighted by Gasteiger charge is 2.16. The van der Waals surface area contributed by atoms with Crippen LogP contribution in [0.1, 0.15) is 39.0 Å². The van der Waals surface area contributed by atoms with Crippen molar-refractivity contribution in [3.05, 3.63) is 0 Å². The Morgan fingerprint density at radius 3 is 3.00 bits per heavy atom. The fourth-order valence-electron chi connectivity index (χ4n) is 1.37. The maximum atomic E-state index is 5.71. The maximum Gasteiger partial charge on any atom is 0.159 e. The Hall–Kier alpha value is -0.120. The first-order valence-corrected chi connectivity index (χ1v) is 4.85. The summed E-state index contributed by atoms with van der Waals surface area (Å²) in [5, 5.41) is 0. The first-order chi connectivity index (χ1) is 5.83. The molecule has 2 N–H and O–H groups in total. The van der Waals surface area contributed by atoms with E-state index in [1.54, 1.807) is 0 Å². The molecule has 1 heterocycles. The highest BCUT2D eigenvalue weighted by atomic mass is 16.7. The van der Waals surface area contributed by atoms with E-state index in [0.717, 1.165) is 32.3 Å². The molecule has 12 heavy (non-hydrogen) atoms. The summed E-state index contributed by atoms with van der Waals surface area (Å²) >= 11 is 0. The molecule has 2 atom stereocenters. The van der Waals surface area contributed by atoms with E-state index in [-0.39, 0.29) is 12.5 Å². The van der Waals surface area contributed by atoms with Crippen LogP contribution in [0.2, 0.25) is 0 Å². The SMILES string of the molecule is CCCC(N)OC1CCCCO1. The smallest absolute Gasteiger partial charge is 0.159 e. The zero-order chi connectivity index (χ0) is 8.81. The Bertz CT molecular complexity index is 113. The molecule has 0 aromatic carbocycles. The maximum absolute atomic E-state index is 5.71. The molecule has 0 bridgehead atoms. The minimum atomic E-state index is -0.141. The van der Waals surface area contributed by atoms with Gasteiger partial charge in [-0.2, -0.15) is 0 Å². The van der Waals surface area contributed by atoms with Crippen molar-refractivity contribution in [1.29, 1.82) is 0 Å². The van der Waals surface area contributed by atoms with Crippen LogP contribution in [0.5, 0.6) is 0 Å². The lowest BCUT2D eigenvalue weighted by Crippen LogP contribution is -2.32. The molecular formula is C9H19NO2. The van der Waals surface area contributed by atoms with E-state index in [1.165, 1.54) is 6.42 Å². The van der Waals surface area contributed by atoms with Gasteiger partial charge < -0.3 is 15.2 Å². The van der Waals surface area contributed by atoms with Crippen LogP contribution in [-0.4, -0.2) is 19.1 Å². The molecule has 0 saturated carbocycles. The van der Waals surface area contributed by atoms with Crippen molar-refractivity contribution in [3.8, 4) is 0 Å². The summed E-state index contributed by atoms with van der Waals surface area (Å²) in [4.78, 5) is 0. The molecule has 72 valence electrons. The molecule has 1 saturated heterocycles. The molecule has 1 fully saturated rings. The normalized spacial score (nSPS) is 27.0. The van der Waals surface area contributed by atoms with Crippen molar-refractivity contribution in [3.63, 3.8) is 0 Å². The fraction of sp³-hybridized carbons (Fsp3) is 1.00. The Morgan fingerprint density at radius 1 is 1.58 bits per heavy atom. The molecule has 0 aromatic rings. The van der Waals surface area contributed by atoms with Gasteiger partial charge in [-0.05, 0) is 25.7 Å². The summed E-state index contributed by atoms with van der Waals surface area (Å²) in [5.74, 6) is 0. The third-order valence-corrected chi connectivity index (χ3v) is 2.04. The molecule has 0 aromatic heterocycles. The van der Waals surface area contributed by atoms with Crippen molar-refractivity contribution in [2.75, 3.05) is 6.61 Å². The Labute approximate surface area is 74.2 Å². The standard InChI is InChI=1S/C9H19NO2/c1-2-5-8(10)12-9-6-3-4-7-11-9/h8-9H,2-7,10H2,1H3. The summed E-state index contributed by atoms with van der Waals surface area (Å²) in [5.41, 5.74) is 5.71. The average Bonchev–Trinajstić information content (AvgIpc) is 2.06. The van der Waals surface area contributed by atoms with Gasteiger partial charge in [-0.3, -0.25) is 0 Å². The van der Waals surface area contributed by atoms with Crippen molar-refractivity contribution >= 4 is 0 Å². The van der Waals surface area contributed by atoms with E-state index >= 15 is 0 Å². The molecule has 0 radical (unpaired) electrons. The van der Waals surface area contributed by atoms with Gasteiger partial charge in [0.25, 0.3) is 0 Å². The van der Waals surface area contributed by atoms with Crippen molar-refractivity contribution in [2.24, 2.45) is 5.73 Å². The molecule has 1 aliphatic heterocycles. The van der Waals surface area contributed by atoms with Gasteiger partial charge in [-0.25, -0.2) is 0 Å². The average molecular weight is 173 g/mol. The fourth-order valence-corrected chi connectivity index (χ4v) is 1.37. The van der Waals surface area contributed by atoms with Gasteiger partial charge in [-0.15, -0.1) is 0 Å². The molecule has 0 spiro atoms. The quantitative estimate of drug-likeness (QED) is 0.657. The molecule has 0 aliphatic carbocycles. The first-order valence-electron chi connectivity index (χ1n) is 4.85. The van der Waals surface area contributed by atoms with E-state index < -0.39 is 0 Å². The van der Waals surface area contributed by atoms with E-state index in [9.17, 15) is 0 Å². The molecule has 3 nitrogen and oxygen atoms in total. The van der Waals surface area contributed by atoms with E-state index in [2.05, 4.69) is 6.92 Å². The van der Waals surface area contributed by atoms with E-state index in [0.29, 0.717) is 0 Å². The highest BCUT2D eigenvalue weighted by Crippen LogP contribution is 2.15. The predicted octanol–water partition coefficient (Wildman–Crippen LogP) is 1.61. The van der Waals surface area contributed by atoms with Crippen LogP contribution >= 0.6 is 0 Å². The van der Waals surface area contributed by atoms with Gasteiger partial charge in [0.05, 0.1) is 0 Å². The van der Waals surface area contributed by atoms with Crippen molar-refractivity contribution < 1.29 is 9.47 Å². The number of ether oxygens (including phenoxy) is 2. The van der Waals surface area contributed by atoms with E-state index in [1.807, 2.05) is 0 Å². The Balaban J connectivity index is 2.11. The molecule has 2 unspecified atom stereocenters. The lowest BCUT2D eigenvalue weighted by molar-refractivity contribution is -0.187. The Morgan fingerprint density at radius 2 is 2.42 bits per heavy atom. The van der Waals surface area contributed by atoms with Crippen LogP contribution in [-0.2, 0) is 9.47 Å². The third-order valence-electron chi connectivity index (χ3n) is 2.04. The summed E-state index contributed by atoms with van der Waals surface area (Å²) in [6, 6.07) is 0. The number of nitrogens with two attached hydrogens (primary N) is 1. The summed E-state index contributed by atoms with van der Waals surface area (Å²) in [6.07, 6.45) is 5.15. The predicted molar refractivity (Wildman–Crippen MR) is 47.6 cm³/mol. The van der Waals surface area contributed by atoms with Crippen molar-refractivity contribution in [1.82, 2.24) is 0 Å². The van der Waals surface area contributed by atoms with Crippen LogP contribution in [0, 0.1) is 0 Å². The molecule has 3 heteroatoms. The van der Waals surface area contributed by atoms with Crippen LogP contribution < -0.4 is 5.73 Å². The highest BCUT2D eigenvalue weighted by molar-refractivity contribution is 4.56. The minimum Gasteiger partial charge on any atom is -0.353 e. The van der Waals surface area contributed by atoms with Gasteiger partial charge in [0.15, 0.2) is 6.29 Å². The van der Waals surface area contributed by atoms with Gasteiger partial charge >= 0.3 is 0 Å². The van der Waals surface area contributed by atoms with Crippen LogP contribution in [0.15, 0.2) is 0 Å². The number of hydrogen-bond donors (Lipinski definition) is 1. The Kier molecular flexibility index (Phi) is 4.58. The van der Waals surface area contributed by atoms with Gasteiger partial charge in [0, 0.05) is 6.61 Å². The second-order valence-electron chi connectivity index (χ2n) is 3.26. The van der Waals surface area contributed by atoms with Crippen LogP contribution in [0.3, 0.4) is 0 Å². The zero-order valence-corrected chi connectivity index (χ0v) is 7.79.